The first-order chi connectivity index (χ1) is 13.4. The number of ether oxygens (including phenoxy) is 1. The van der Waals surface area contributed by atoms with E-state index in [4.69, 9.17) is 10.5 Å². The Kier molecular flexibility index (Phi) is 10.7. The molecule has 1 fully saturated rings. The Hall–Kier alpha value is -1.55. The predicted molar refractivity (Wildman–Crippen MR) is 122 cm³/mol. The minimum absolute atomic E-state index is 0. The smallest absolute Gasteiger partial charge is 0.344 e. The van der Waals surface area contributed by atoms with Gasteiger partial charge in [0.15, 0.2) is 5.84 Å². The summed E-state index contributed by atoms with van der Waals surface area (Å²) in [4.78, 5) is 2.38. The lowest BCUT2D eigenvalue weighted by atomic mass is 10.1. The third kappa shape index (κ3) is 7.65. The third-order valence-electron chi connectivity index (χ3n) is 4.93. The standard InChI is InChI=1S/C13H18N4O3S.C6H15N.ClH/c14-13-12-10(16-21(18,19)17-13)5-3-6-11(12)20-8-9-4-1-2-7-15-9;1-4-7(5-2)6-3;/h3,5-6,9,15-16H,1-2,4,7-8H2,(H2,14,17);4-6H2,1-3H3;1H/t9-;;/m1../s1. The lowest BCUT2D eigenvalue weighted by Gasteiger charge is -2.25. The topological polar surface area (TPSA) is 109 Å². The van der Waals surface area contributed by atoms with Crippen molar-refractivity contribution in [3.8, 4) is 5.75 Å². The van der Waals surface area contributed by atoms with Crippen molar-refractivity contribution >= 4 is 34.1 Å². The maximum absolute atomic E-state index is 11.5. The number of anilines is 1. The zero-order valence-electron chi connectivity index (χ0n) is 17.5. The van der Waals surface area contributed by atoms with Gasteiger partial charge < -0.3 is 20.7 Å². The third-order valence-corrected chi connectivity index (χ3v) is 5.85. The van der Waals surface area contributed by atoms with Gasteiger partial charge in [-0.3, -0.25) is 4.72 Å². The predicted octanol–water partition coefficient (Wildman–Crippen LogP) is 2.35. The summed E-state index contributed by atoms with van der Waals surface area (Å²) in [6.07, 6.45) is 3.46. The summed E-state index contributed by atoms with van der Waals surface area (Å²) >= 11 is 0. The SMILES string of the molecule is CCN(CC)CC.Cl.NC1=NS(=O)(=O)Nc2cccc(OC[C@H]3CCCCN3)c21. The van der Waals surface area contributed by atoms with Gasteiger partial charge in [0, 0.05) is 6.04 Å². The van der Waals surface area contributed by atoms with Crippen molar-refractivity contribution in [1.82, 2.24) is 10.2 Å². The van der Waals surface area contributed by atoms with E-state index in [0.717, 1.165) is 13.0 Å². The lowest BCUT2D eigenvalue weighted by molar-refractivity contribution is 0.239. The highest BCUT2D eigenvalue weighted by atomic mass is 35.5. The summed E-state index contributed by atoms with van der Waals surface area (Å²) < 4.78 is 34.7. The molecule has 1 aromatic rings. The van der Waals surface area contributed by atoms with Gasteiger partial charge in [0.2, 0.25) is 0 Å². The van der Waals surface area contributed by atoms with E-state index < -0.39 is 10.2 Å². The molecule has 0 spiro atoms. The maximum atomic E-state index is 11.5. The van der Waals surface area contributed by atoms with Crippen molar-refractivity contribution in [3.05, 3.63) is 23.8 Å². The van der Waals surface area contributed by atoms with Crippen molar-refractivity contribution in [2.24, 2.45) is 10.1 Å². The van der Waals surface area contributed by atoms with E-state index in [0.29, 0.717) is 29.6 Å². The number of nitrogens with zero attached hydrogens (tertiary/aromatic N) is 2. The Morgan fingerprint density at radius 3 is 2.45 bits per heavy atom. The molecule has 0 aliphatic carbocycles. The van der Waals surface area contributed by atoms with Gasteiger partial charge in [-0.2, -0.15) is 8.42 Å². The number of hydrogen-bond acceptors (Lipinski definition) is 6. The van der Waals surface area contributed by atoms with E-state index in [9.17, 15) is 8.42 Å². The molecule has 1 saturated heterocycles. The summed E-state index contributed by atoms with van der Waals surface area (Å²) in [5.41, 5.74) is 6.67. The zero-order valence-corrected chi connectivity index (χ0v) is 19.1. The molecule has 0 bridgehead atoms. The Bertz CT molecular complexity index is 758. The zero-order chi connectivity index (χ0) is 20.6. The highest BCUT2D eigenvalue weighted by Gasteiger charge is 2.24. The van der Waals surface area contributed by atoms with Crippen molar-refractivity contribution in [1.29, 1.82) is 0 Å². The fourth-order valence-electron chi connectivity index (χ4n) is 3.26. The van der Waals surface area contributed by atoms with Gasteiger partial charge >= 0.3 is 10.2 Å². The van der Waals surface area contributed by atoms with Crippen LogP contribution in [-0.2, 0) is 10.2 Å². The Balaban J connectivity index is 0.000000456. The van der Waals surface area contributed by atoms with E-state index in [2.05, 4.69) is 40.1 Å². The van der Waals surface area contributed by atoms with Crippen molar-refractivity contribution in [3.63, 3.8) is 0 Å². The quantitative estimate of drug-likeness (QED) is 0.617. The molecule has 0 amide bonds. The first-order valence-corrected chi connectivity index (χ1v) is 11.4. The van der Waals surface area contributed by atoms with Crippen molar-refractivity contribution in [2.75, 3.05) is 37.5 Å². The van der Waals surface area contributed by atoms with Crippen LogP contribution in [0.25, 0.3) is 0 Å². The Morgan fingerprint density at radius 2 is 1.90 bits per heavy atom. The van der Waals surface area contributed by atoms with Gasteiger partial charge in [-0.25, -0.2) is 0 Å². The number of benzene rings is 1. The van der Waals surface area contributed by atoms with Crippen LogP contribution in [0.4, 0.5) is 5.69 Å². The summed E-state index contributed by atoms with van der Waals surface area (Å²) in [5.74, 6) is 0.500. The number of halogens is 1. The van der Waals surface area contributed by atoms with Crippen LogP contribution < -0.4 is 20.5 Å². The van der Waals surface area contributed by atoms with E-state index >= 15 is 0 Å². The molecule has 2 heterocycles. The molecule has 2 aliphatic rings. The average Bonchev–Trinajstić information content (AvgIpc) is 2.68. The summed E-state index contributed by atoms with van der Waals surface area (Å²) in [6, 6.07) is 5.45. The molecule has 1 aromatic carbocycles. The summed E-state index contributed by atoms with van der Waals surface area (Å²) in [6.45, 7) is 11.7. The number of amidine groups is 1. The largest absolute Gasteiger partial charge is 0.491 e. The highest BCUT2D eigenvalue weighted by Crippen LogP contribution is 2.30. The van der Waals surface area contributed by atoms with Crippen LogP contribution in [0.5, 0.6) is 5.75 Å². The second kappa shape index (κ2) is 12.2. The molecule has 2 aliphatic heterocycles. The molecule has 0 radical (unpaired) electrons. The van der Waals surface area contributed by atoms with Crippen LogP contribution in [0, 0.1) is 0 Å². The van der Waals surface area contributed by atoms with Crippen LogP contribution in [0.1, 0.15) is 45.6 Å². The summed E-state index contributed by atoms with van der Waals surface area (Å²) in [7, 11) is -3.75. The monoisotopic (exact) mass is 447 g/mol. The molecular weight excluding hydrogens is 414 g/mol. The molecule has 29 heavy (non-hydrogen) atoms. The number of rotatable bonds is 6. The molecule has 10 heteroatoms. The van der Waals surface area contributed by atoms with E-state index in [-0.39, 0.29) is 18.2 Å². The molecule has 1 atom stereocenters. The molecule has 8 nitrogen and oxygen atoms in total. The molecule has 0 aromatic heterocycles. The van der Waals surface area contributed by atoms with Gasteiger partial charge in [-0.05, 0) is 51.2 Å². The van der Waals surface area contributed by atoms with Gasteiger partial charge in [-0.15, -0.1) is 16.8 Å². The Morgan fingerprint density at radius 1 is 1.21 bits per heavy atom. The number of nitrogens with one attached hydrogen (secondary N) is 2. The molecule has 3 rings (SSSR count). The first kappa shape index (κ1) is 25.5. The molecule has 166 valence electrons. The van der Waals surface area contributed by atoms with Crippen LogP contribution >= 0.6 is 12.4 Å². The van der Waals surface area contributed by atoms with E-state index in [1.54, 1.807) is 18.2 Å². The van der Waals surface area contributed by atoms with Crippen LogP contribution in [0.15, 0.2) is 22.6 Å². The second-order valence-electron chi connectivity index (χ2n) is 6.81. The van der Waals surface area contributed by atoms with E-state index in [1.807, 2.05) is 0 Å². The van der Waals surface area contributed by atoms with E-state index in [1.165, 1.54) is 32.5 Å². The fraction of sp³-hybridized carbons (Fsp3) is 0.632. The fourth-order valence-corrected chi connectivity index (χ4v) is 4.11. The first-order valence-electron chi connectivity index (χ1n) is 10.00. The molecule has 0 saturated carbocycles. The Labute approximate surface area is 180 Å². The van der Waals surface area contributed by atoms with Crippen LogP contribution in [0.3, 0.4) is 0 Å². The number of nitrogens with two attached hydrogens (primary N) is 1. The minimum Gasteiger partial charge on any atom is -0.491 e. The van der Waals surface area contributed by atoms with Gasteiger partial charge in [-0.1, -0.05) is 33.3 Å². The van der Waals surface area contributed by atoms with Gasteiger partial charge in [0.25, 0.3) is 0 Å². The molecule has 4 N–H and O–H groups in total. The van der Waals surface area contributed by atoms with Gasteiger partial charge in [0.1, 0.15) is 12.4 Å². The molecule has 0 unspecified atom stereocenters. The molecular formula is C19H34ClN5O3S. The number of hydrogen-bond donors (Lipinski definition) is 3. The van der Waals surface area contributed by atoms with Crippen molar-refractivity contribution in [2.45, 2.75) is 46.1 Å². The average molecular weight is 448 g/mol. The second-order valence-corrected chi connectivity index (χ2v) is 8.15. The van der Waals surface area contributed by atoms with Crippen LogP contribution in [0.2, 0.25) is 0 Å². The van der Waals surface area contributed by atoms with Crippen molar-refractivity contribution < 1.29 is 13.2 Å². The number of fused-ring (bicyclic) bond motifs is 1. The minimum atomic E-state index is -3.75. The van der Waals surface area contributed by atoms with Crippen LogP contribution in [-0.4, -0.2) is 58.0 Å². The lowest BCUT2D eigenvalue weighted by Crippen LogP contribution is -2.38. The normalized spacial score (nSPS) is 19.6. The summed E-state index contributed by atoms with van der Waals surface area (Å²) in [5, 5.41) is 3.40. The maximum Gasteiger partial charge on any atom is 0.344 e. The number of piperidine rings is 1. The van der Waals surface area contributed by atoms with Gasteiger partial charge in [0.05, 0.1) is 11.3 Å². The highest BCUT2D eigenvalue weighted by molar-refractivity contribution is 7.91.